The van der Waals surface area contributed by atoms with Gasteiger partial charge >= 0.3 is 0 Å². The number of carbonyl (C=O) groups excluding carboxylic acids is 2. The highest BCUT2D eigenvalue weighted by molar-refractivity contribution is 6.32. The molecule has 0 saturated heterocycles. The Morgan fingerprint density at radius 1 is 1.09 bits per heavy atom. The lowest BCUT2D eigenvalue weighted by Gasteiger charge is -2.31. The highest BCUT2D eigenvalue weighted by atomic mass is 35.5. The minimum absolute atomic E-state index is 0.0805. The van der Waals surface area contributed by atoms with Gasteiger partial charge in [-0.2, -0.15) is 0 Å². The molecule has 178 valence electrons. The highest BCUT2D eigenvalue weighted by Crippen LogP contribution is 2.26. The first-order chi connectivity index (χ1) is 15.8. The van der Waals surface area contributed by atoms with Gasteiger partial charge in [-0.15, -0.1) is 0 Å². The molecule has 0 heterocycles. The minimum Gasteiger partial charge on any atom is -0.484 e. The fourth-order valence-electron chi connectivity index (χ4n) is 4.39. The molecule has 0 aromatic heterocycles. The van der Waals surface area contributed by atoms with E-state index in [0.29, 0.717) is 23.7 Å². The van der Waals surface area contributed by atoms with Gasteiger partial charge in [0.25, 0.3) is 5.91 Å². The van der Waals surface area contributed by atoms with Crippen LogP contribution in [0.5, 0.6) is 5.75 Å². The van der Waals surface area contributed by atoms with Crippen LogP contribution in [0.3, 0.4) is 0 Å². The molecule has 0 unspecified atom stereocenters. The van der Waals surface area contributed by atoms with E-state index in [2.05, 4.69) is 5.32 Å². The summed E-state index contributed by atoms with van der Waals surface area (Å²) in [5.74, 6) is 0.304. The molecule has 1 aliphatic carbocycles. The van der Waals surface area contributed by atoms with E-state index in [9.17, 15) is 9.59 Å². The number of aryl methyl sites for hydroxylation is 3. The summed E-state index contributed by atoms with van der Waals surface area (Å²) in [6.45, 7) is 8.02. The Labute approximate surface area is 202 Å². The standard InChI is InChI=1S/C27H35ClN2O3/c1-5-24(27(32)29-22-8-6-7-9-22)30(16-21-12-10-18(2)11-13-21)25(31)17-33-23-14-19(3)26(28)20(4)15-23/h10-15,22,24H,5-9,16-17H2,1-4H3,(H,29,32)/t24-/m0/s1. The molecule has 3 rings (SSSR count). The third kappa shape index (κ3) is 6.73. The van der Waals surface area contributed by atoms with Crippen molar-refractivity contribution in [3.63, 3.8) is 0 Å². The molecule has 1 aliphatic rings. The van der Waals surface area contributed by atoms with Crippen LogP contribution in [-0.2, 0) is 16.1 Å². The molecule has 1 fully saturated rings. The maximum absolute atomic E-state index is 13.4. The average molecular weight is 471 g/mol. The summed E-state index contributed by atoms with van der Waals surface area (Å²) >= 11 is 6.25. The van der Waals surface area contributed by atoms with Crippen LogP contribution in [0.2, 0.25) is 5.02 Å². The van der Waals surface area contributed by atoms with Gasteiger partial charge in [-0.25, -0.2) is 0 Å². The van der Waals surface area contributed by atoms with E-state index in [0.717, 1.165) is 47.9 Å². The van der Waals surface area contributed by atoms with Gasteiger partial charge in [0, 0.05) is 17.6 Å². The molecule has 0 spiro atoms. The van der Waals surface area contributed by atoms with Crippen LogP contribution in [0, 0.1) is 20.8 Å². The molecule has 1 saturated carbocycles. The smallest absolute Gasteiger partial charge is 0.261 e. The Hall–Kier alpha value is -2.53. The van der Waals surface area contributed by atoms with E-state index >= 15 is 0 Å². The zero-order chi connectivity index (χ0) is 24.0. The summed E-state index contributed by atoms with van der Waals surface area (Å²) in [6, 6.07) is 11.4. The molecule has 1 N–H and O–H groups in total. The maximum Gasteiger partial charge on any atom is 0.261 e. The fraction of sp³-hybridized carbons (Fsp3) is 0.481. The summed E-state index contributed by atoms with van der Waals surface area (Å²) in [6.07, 6.45) is 4.83. The van der Waals surface area contributed by atoms with Crippen LogP contribution in [0.25, 0.3) is 0 Å². The average Bonchev–Trinajstić information content (AvgIpc) is 3.29. The van der Waals surface area contributed by atoms with E-state index in [-0.39, 0.29) is 24.5 Å². The van der Waals surface area contributed by atoms with Gasteiger partial charge in [0.2, 0.25) is 5.91 Å². The van der Waals surface area contributed by atoms with Crippen molar-refractivity contribution in [2.75, 3.05) is 6.61 Å². The Morgan fingerprint density at radius 2 is 1.70 bits per heavy atom. The number of rotatable bonds is 9. The molecule has 2 amide bonds. The molecular weight excluding hydrogens is 436 g/mol. The summed E-state index contributed by atoms with van der Waals surface area (Å²) in [7, 11) is 0. The van der Waals surface area contributed by atoms with Gasteiger partial charge in [-0.05, 0) is 68.9 Å². The Kier molecular flexibility index (Phi) is 8.79. The Bertz CT molecular complexity index is 945. The molecule has 0 radical (unpaired) electrons. The van der Waals surface area contributed by atoms with Crippen molar-refractivity contribution in [1.82, 2.24) is 10.2 Å². The second-order valence-electron chi connectivity index (χ2n) is 9.08. The summed E-state index contributed by atoms with van der Waals surface area (Å²) in [4.78, 5) is 28.2. The maximum atomic E-state index is 13.4. The van der Waals surface area contributed by atoms with Crippen molar-refractivity contribution >= 4 is 23.4 Å². The normalized spacial score (nSPS) is 14.7. The lowest BCUT2D eigenvalue weighted by Crippen LogP contribution is -2.52. The Balaban J connectivity index is 1.77. The van der Waals surface area contributed by atoms with Crippen molar-refractivity contribution in [3.05, 3.63) is 63.7 Å². The molecular formula is C27H35ClN2O3. The van der Waals surface area contributed by atoms with Crippen molar-refractivity contribution < 1.29 is 14.3 Å². The molecule has 2 aromatic rings. The number of amides is 2. The van der Waals surface area contributed by atoms with Gasteiger partial charge in [0.05, 0.1) is 0 Å². The van der Waals surface area contributed by atoms with Crippen LogP contribution < -0.4 is 10.1 Å². The lowest BCUT2D eigenvalue weighted by molar-refractivity contribution is -0.143. The van der Waals surface area contributed by atoms with E-state index in [1.807, 2.05) is 64.1 Å². The second kappa shape index (κ2) is 11.6. The van der Waals surface area contributed by atoms with E-state index in [1.54, 1.807) is 4.90 Å². The second-order valence-corrected chi connectivity index (χ2v) is 9.46. The molecule has 1 atom stereocenters. The number of nitrogens with zero attached hydrogens (tertiary/aromatic N) is 1. The lowest BCUT2D eigenvalue weighted by atomic mass is 10.1. The number of hydrogen-bond acceptors (Lipinski definition) is 3. The zero-order valence-corrected chi connectivity index (χ0v) is 20.9. The van der Waals surface area contributed by atoms with E-state index < -0.39 is 6.04 Å². The molecule has 2 aromatic carbocycles. The van der Waals surface area contributed by atoms with Crippen molar-refractivity contribution in [3.8, 4) is 5.75 Å². The Morgan fingerprint density at radius 3 is 2.27 bits per heavy atom. The minimum atomic E-state index is -0.545. The van der Waals surface area contributed by atoms with Crippen molar-refractivity contribution in [1.29, 1.82) is 0 Å². The number of benzene rings is 2. The monoisotopic (exact) mass is 470 g/mol. The number of carbonyl (C=O) groups is 2. The summed E-state index contributed by atoms with van der Waals surface area (Å²) in [5.41, 5.74) is 3.94. The van der Waals surface area contributed by atoms with Crippen LogP contribution >= 0.6 is 11.6 Å². The number of nitrogens with one attached hydrogen (secondary N) is 1. The van der Waals surface area contributed by atoms with Gasteiger partial charge < -0.3 is 15.0 Å². The first kappa shape index (κ1) is 25.1. The molecule has 6 heteroatoms. The van der Waals surface area contributed by atoms with Crippen LogP contribution in [0.15, 0.2) is 36.4 Å². The predicted octanol–water partition coefficient (Wildman–Crippen LogP) is 5.51. The van der Waals surface area contributed by atoms with Gasteiger partial charge in [0.1, 0.15) is 11.8 Å². The number of ether oxygens (including phenoxy) is 1. The topological polar surface area (TPSA) is 58.6 Å². The summed E-state index contributed by atoms with van der Waals surface area (Å²) in [5, 5.41) is 3.87. The van der Waals surface area contributed by atoms with Crippen molar-refractivity contribution in [2.45, 2.75) is 78.4 Å². The fourth-order valence-corrected chi connectivity index (χ4v) is 4.50. The van der Waals surface area contributed by atoms with Gasteiger partial charge in [-0.3, -0.25) is 9.59 Å². The predicted molar refractivity (Wildman–Crippen MR) is 133 cm³/mol. The molecule has 33 heavy (non-hydrogen) atoms. The van der Waals surface area contributed by atoms with Gasteiger partial charge in [-0.1, -0.05) is 61.2 Å². The molecule has 0 aliphatic heterocycles. The third-order valence-electron chi connectivity index (χ3n) is 6.33. The largest absolute Gasteiger partial charge is 0.484 e. The van der Waals surface area contributed by atoms with Gasteiger partial charge in [0.15, 0.2) is 6.61 Å². The molecule has 5 nitrogen and oxygen atoms in total. The first-order valence-electron chi connectivity index (χ1n) is 11.8. The van der Waals surface area contributed by atoms with E-state index in [4.69, 9.17) is 16.3 Å². The van der Waals surface area contributed by atoms with Crippen LogP contribution in [0.1, 0.15) is 61.3 Å². The highest BCUT2D eigenvalue weighted by Gasteiger charge is 2.30. The first-order valence-corrected chi connectivity index (χ1v) is 12.2. The molecule has 0 bridgehead atoms. The zero-order valence-electron chi connectivity index (χ0n) is 20.1. The van der Waals surface area contributed by atoms with Crippen LogP contribution in [-0.4, -0.2) is 35.4 Å². The third-order valence-corrected chi connectivity index (χ3v) is 6.93. The SMILES string of the molecule is CC[C@@H](C(=O)NC1CCCC1)N(Cc1ccc(C)cc1)C(=O)COc1cc(C)c(Cl)c(C)c1. The number of hydrogen-bond donors (Lipinski definition) is 1. The summed E-state index contributed by atoms with van der Waals surface area (Å²) < 4.78 is 5.85. The number of halogens is 1. The quantitative estimate of drug-likeness (QED) is 0.525. The van der Waals surface area contributed by atoms with Crippen molar-refractivity contribution in [2.24, 2.45) is 0 Å². The van der Waals surface area contributed by atoms with Crippen LogP contribution in [0.4, 0.5) is 0 Å². The van der Waals surface area contributed by atoms with E-state index in [1.165, 1.54) is 0 Å².